The minimum Gasteiger partial charge on any atom is -0.359 e. The Morgan fingerprint density at radius 2 is 1.68 bits per heavy atom. The molecule has 0 spiro atoms. The van der Waals surface area contributed by atoms with Crippen LogP contribution in [0.5, 0.6) is 0 Å². The van der Waals surface area contributed by atoms with Gasteiger partial charge in [-0.3, -0.25) is 4.79 Å². The zero-order chi connectivity index (χ0) is 15.4. The molecule has 4 heteroatoms. The van der Waals surface area contributed by atoms with Crippen LogP contribution in [0.1, 0.15) is 5.56 Å². The van der Waals surface area contributed by atoms with Crippen LogP contribution in [0, 0.1) is 0 Å². The lowest BCUT2D eigenvalue weighted by atomic mass is 10.0. The fraction of sp³-hybridized carbons (Fsp3) is 0.111. The number of hydrogen-bond donors (Lipinski definition) is 1. The van der Waals surface area contributed by atoms with Gasteiger partial charge in [-0.1, -0.05) is 36.4 Å². The SMILES string of the molecule is CNC(=O)Cc1ccc(-c2ccc(-n3cccn3)cc2)cc1. The summed E-state index contributed by atoms with van der Waals surface area (Å²) >= 11 is 0. The molecule has 1 heterocycles. The first kappa shape index (κ1) is 14.1. The van der Waals surface area contributed by atoms with Gasteiger partial charge in [-0.15, -0.1) is 0 Å². The smallest absolute Gasteiger partial charge is 0.224 e. The molecule has 0 saturated heterocycles. The second-order valence-electron chi connectivity index (χ2n) is 5.04. The standard InChI is InChI=1S/C18H17N3O/c1-19-18(22)13-14-3-5-15(6-4-14)16-7-9-17(10-8-16)21-12-2-11-20-21/h2-12H,13H2,1H3,(H,19,22). The third-order valence-electron chi connectivity index (χ3n) is 3.57. The Kier molecular flexibility index (Phi) is 4.01. The van der Waals surface area contributed by atoms with E-state index in [2.05, 4.69) is 22.5 Å². The van der Waals surface area contributed by atoms with Gasteiger partial charge in [0.15, 0.2) is 0 Å². The van der Waals surface area contributed by atoms with Crippen LogP contribution < -0.4 is 5.32 Å². The fourth-order valence-corrected chi connectivity index (χ4v) is 2.32. The van der Waals surface area contributed by atoms with Gasteiger partial charge >= 0.3 is 0 Å². The largest absolute Gasteiger partial charge is 0.359 e. The van der Waals surface area contributed by atoms with Gasteiger partial charge in [0.05, 0.1) is 12.1 Å². The predicted octanol–water partition coefficient (Wildman–Crippen LogP) is 2.83. The maximum Gasteiger partial charge on any atom is 0.224 e. The van der Waals surface area contributed by atoms with Crippen molar-refractivity contribution < 1.29 is 4.79 Å². The van der Waals surface area contributed by atoms with Crippen molar-refractivity contribution in [3.05, 3.63) is 72.6 Å². The summed E-state index contributed by atoms with van der Waals surface area (Å²) in [6, 6.07) is 18.2. The predicted molar refractivity (Wildman–Crippen MR) is 86.8 cm³/mol. The fourth-order valence-electron chi connectivity index (χ4n) is 2.32. The van der Waals surface area contributed by atoms with E-state index in [0.29, 0.717) is 6.42 Å². The molecule has 3 rings (SSSR count). The summed E-state index contributed by atoms with van der Waals surface area (Å²) < 4.78 is 1.83. The van der Waals surface area contributed by atoms with E-state index < -0.39 is 0 Å². The number of hydrogen-bond acceptors (Lipinski definition) is 2. The molecule has 110 valence electrons. The summed E-state index contributed by atoms with van der Waals surface area (Å²) in [4.78, 5) is 11.4. The van der Waals surface area contributed by atoms with Crippen LogP contribution in [0.3, 0.4) is 0 Å². The quantitative estimate of drug-likeness (QED) is 0.803. The van der Waals surface area contributed by atoms with E-state index in [-0.39, 0.29) is 5.91 Å². The Balaban J connectivity index is 1.78. The minimum absolute atomic E-state index is 0.0244. The number of carbonyl (C=O) groups is 1. The second kappa shape index (κ2) is 6.26. The second-order valence-corrected chi connectivity index (χ2v) is 5.04. The zero-order valence-corrected chi connectivity index (χ0v) is 12.4. The Morgan fingerprint density at radius 3 is 2.23 bits per heavy atom. The number of nitrogens with zero attached hydrogens (tertiary/aromatic N) is 2. The highest BCUT2D eigenvalue weighted by molar-refractivity contribution is 5.78. The molecule has 0 aliphatic heterocycles. The maximum absolute atomic E-state index is 11.4. The lowest BCUT2D eigenvalue weighted by Crippen LogP contribution is -2.19. The van der Waals surface area contributed by atoms with Crippen LogP contribution in [-0.4, -0.2) is 22.7 Å². The molecule has 0 fully saturated rings. The lowest BCUT2D eigenvalue weighted by Gasteiger charge is -2.06. The van der Waals surface area contributed by atoms with Crippen molar-refractivity contribution >= 4 is 5.91 Å². The van der Waals surface area contributed by atoms with Crippen molar-refractivity contribution in [1.82, 2.24) is 15.1 Å². The molecule has 0 saturated carbocycles. The third-order valence-corrected chi connectivity index (χ3v) is 3.57. The van der Waals surface area contributed by atoms with E-state index >= 15 is 0 Å². The Labute approximate surface area is 129 Å². The normalized spacial score (nSPS) is 10.4. The molecule has 1 amide bonds. The van der Waals surface area contributed by atoms with Crippen LogP contribution in [0.2, 0.25) is 0 Å². The number of aromatic nitrogens is 2. The van der Waals surface area contributed by atoms with Crippen molar-refractivity contribution in [3.63, 3.8) is 0 Å². The topological polar surface area (TPSA) is 46.9 Å². The molecule has 1 aromatic heterocycles. The average Bonchev–Trinajstić information content (AvgIpc) is 3.10. The average molecular weight is 291 g/mol. The summed E-state index contributed by atoms with van der Waals surface area (Å²) in [5, 5.41) is 6.85. The summed E-state index contributed by atoms with van der Waals surface area (Å²) in [7, 11) is 1.65. The molecule has 0 aliphatic carbocycles. The molecule has 1 N–H and O–H groups in total. The van der Waals surface area contributed by atoms with Gasteiger partial charge in [0.2, 0.25) is 5.91 Å². The number of carbonyl (C=O) groups excluding carboxylic acids is 1. The Hall–Kier alpha value is -2.88. The minimum atomic E-state index is 0.0244. The van der Waals surface area contributed by atoms with Crippen molar-refractivity contribution in [3.8, 4) is 16.8 Å². The Morgan fingerprint density at radius 1 is 1.05 bits per heavy atom. The van der Waals surface area contributed by atoms with Gasteiger partial charge in [0.1, 0.15) is 0 Å². The van der Waals surface area contributed by atoms with Crippen LogP contribution >= 0.6 is 0 Å². The number of likely N-dealkylation sites (N-methyl/N-ethyl adjacent to an activating group) is 1. The number of rotatable bonds is 4. The number of amides is 1. The van der Waals surface area contributed by atoms with Crippen LogP contribution in [-0.2, 0) is 11.2 Å². The molecule has 0 bridgehead atoms. The van der Waals surface area contributed by atoms with Crippen molar-refractivity contribution in [1.29, 1.82) is 0 Å². The first-order valence-corrected chi connectivity index (χ1v) is 7.16. The van der Waals surface area contributed by atoms with E-state index in [1.165, 1.54) is 0 Å². The van der Waals surface area contributed by atoms with Gasteiger partial charge in [-0.05, 0) is 34.9 Å². The van der Waals surface area contributed by atoms with Crippen LogP contribution in [0.4, 0.5) is 0 Å². The van der Waals surface area contributed by atoms with Crippen molar-refractivity contribution in [2.75, 3.05) is 7.05 Å². The van der Waals surface area contributed by atoms with Crippen molar-refractivity contribution in [2.45, 2.75) is 6.42 Å². The Bertz CT molecular complexity index is 744. The summed E-state index contributed by atoms with van der Waals surface area (Å²) in [5.74, 6) is 0.0244. The molecule has 3 aromatic rings. The van der Waals surface area contributed by atoms with E-state index in [1.54, 1.807) is 13.2 Å². The van der Waals surface area contributed by atoms with E-state index in [0.717, 1.165) is 22.4 Å². The van der Waals surface area contributed by atoms with Crippen LogP contribution in [0.15, 0.2) is 67.0 Å². The summed E-state index contributed by atoms with van der Waals surface area (Å²) in [6.07, 6.45) is 4.09. The van der Waals surface area contributed by atoms with Gasteiger partial charge in [0, 0.05) is 19.4 Å². The molecular formula is C18H17N3O. The van der Waals surface area contributed by atoms with Gasteiger partial charge in [0.25, 0.3) is 0 Å². The third kappa shape index (κ3) is 3.06. The molecule has 4 nitrogen and oxygen atoms in total. The summed E-state index contributed by atoms with van der Waals surface area (Å²) in [5.41, 5.74) is 4.32. The van der Waals surface area contributed by atoms with E-state index in [4.69, 9.17) is 0 Å². The zero-order valence-electron chi connectivity index (χ0n) is 12.4. The van der Waals surface area contributed by atoms with Crippen molar-refractivity contribution in [2.24, 2.45) is 0 Å². The first-order chi connectivity index (χ1) is 10.8. The molecule has 0 atom stereocenters. The summed E-state index contributed by atoms with van der Waals surface area (Å²) in [6.45, 7) is 0. The maximum atomic E-state index is 11.4. The highest BCUT2D eigenvalue weighted by Crippen LogP contribution is 2.21. The first-order valence-electron chi connectivity index (χ1n) is 7.16. The van der Waals surface area contributed by atoms with Gasteiger partial charge < -0.3 is 5.32 Å². The lowest BCUT2D eigenvalue weighted by molar-refractivity contribution is -0.119. The molecule has 0 radical (unpaired) electrons. The highest BCUT2D eigenvalue weighted by atomic mass is 16.1. The number of nitrogens with one attached hydrogen (secondary N) is 1. The molecular weight excluding hydrogens is 274 g/mol. The van der Waals surface area contributed by atoms with Gasteiger partial charge in [-0.25, -0.2) is 4.68 Å². The van der Waals surface area contributed by atoms with E-state index in [1.807, 2.05) is 53.3 Å². The molecule has 0 aliphatic rings. The molecule has 22 heavy (non-hydrogen) atoms. The highest BCUT2D eigenvalue weighted by Gasteiger charge is 2.03. The number of benzene rings is 2. The van der Waals surface area contributed by atoms with Gasteiger partial charge in [-0.2, -0.15) is 5.10 Å². The molecule has 0 unspecified atom stereocenters. The monoisotopic (exact) mass is 291 g/mol. The molecule has 2 aromatic carbocycles. The van der Waals surface area contributed by atoms with Crippen LogP contribution in [0.25, 0.3) is 16.8 Å². The van der Waals surface area contributed by atoms with E-state index in [9.17, 15) is 4.79 Å².